The van der Waals surface area contributed by atoms with Gasteiger partial charge in [-0.15, -0.1) is 0 Å². The molecule has 3 aromatic heterocycles. The highest BCUT2D eigenvalue weighted by molar-refractivity contribution is 6.00. The van der Waals surface area contributed by atoms with Crippen molar-refractivity contribution in [1.82, 2.24) is 14.8 Å². The maximum atomic E-state index is 5.97. The fraction of sp³-hybridized carbons (Fsp3) is 0.0588. The lowest BCUT2D eigenvalue weighted by Gasteiger charge is -2.00. The van der Waals surface area contributed by atoms with Crippen LogP contribution in [0.15, 0.2) is 59.4 Å². The van der Waals surface area contributed by atoms with Gasteiger partial charge in [0.1, 0.15) is 5.76 Å². The molecule has 0 bridgehead atoms. The summed E-state index contributed by atoms with van der Waals surface area (Å²) in [5.41, 5.74) is 9.54. The van der Waals surface area contributed by atoms with Gasteiger partial charge in [-0.1, -0.05) is 30.3 Å². The van der Waals surface area contributed by atoms with Crippen LogP contribution < -0.4 is 5.73 Å². The number of benzene rings is 1. The topological polar surface area (TPSA) is 69.9 Å². The highest BCUT2D eigenvalue weighted by Gasteiger charge is 2.15. The van der Waals surface area contributed by atoms with Crippen LogP contribution in [0.4, 0.5) is 5.82 Å². The van der Waals surface area contributed by atoms with Crippen LogP contribution in [0.3, 0.4) is 0 Å². The van der Waals surface area contributed by atoms with E-state index in [2.05, 4.69) is 10.1 Å². The summed E-state index contributed by atoms with van der Waals surface area (Å²) in [5, 5.41) is 5.16. The second kappa shape index (κ2) is 4.73. The third kappa shape index (κ3) is 1.95. The largest absolute Gasteiger partial charge is 0.452 e. The maximum absolute atomic E-state index is 5.97. The third-order valence-corrected chi connectivity index (χ3v) is 3.66. The van der Waals surface area contributed by atoms with E-state index in [0.717, 1.165) is 27.8 Å². The quantitative estimate of drug-likeness (QED) is 0.613. The number of hydrogen-bond donors (Lipinski definition) is 1. The zero-order valence-electron chi connectivity index (χ0n) is 12.0. The summed E-state index contributed by atoms with van der Waals surface area (Å²) < 4.78 is 7.70. The van der Waals surface area contributed by atoms with Crippen molar-refractivity contribution in [2.24, 2.45) is 7.05 Å². The SMILES string of the molecule is Cn1cc(-c2cnc(N)c3oc(-c4ccccc4)cc23)cn1. The van der Waals surface area contributed by atoms with Gasteiger partial charge < -0.3 is 10.2 Å². The normalized spacial score (nSPS) is 11.1. The van der Waals surface area contributed by atoms with E-state index in [9.17, 15) is 0 Å². The molecule has 0 aliphatic carbocycles. The number of pyridine rings is 1. The fourth-order valence-corrected chi connectivity index (χ4v) is 2.58. The summed E-state index contributed by atoms with van der Waals surface area (Å²) in [7, 11) is 1.89. The van der Waals surface area contributed by atoms with Gasteiger partial charge in [0.15, 0.2) is 11.4 Å². The molecule has 0 spiro atoms. The molecule has 5 heteroatoms. The van der Waals surface area contributed by atoms with Crippen molar-refractivity contribution in [3.05, 3.63) is 55.0 Å². The number of anilines is 1. The smallest absolute Gasteiger partial charge is 0.177 e. The molecule has 0 fully saturated rings. The van der Waals surface area contributed by atoms with Gasteiger partial charge in [0, 0.05) is 41.5 Å². The Morgan fingerprint density at radius 2 is 1.91 bits per heavy atom. The summed E-state index contributed by atoms with van der Waals surface area (Å²) >= 11 is 0. The minimum absolute atomic E-state index is 0.393. The van der Waals surface area contributed by atoms with Gasteiger partial charge in [0.25, 0.3) is 0 Å². The minimum Gasteiger partial charge on any atom is -0.452 e. The number of rotatable bonds is 2. The Morgan fingerprint density at radius 1 is 1.09 bits per heavy atom. The number of furan rings is 1. The van der Waals surface area contributed by atoms with E-state index in [-0.39, 0.29) is 0 Å². The lowest BCUT2D eigenvalue weighted by Crippen LogP contribution is -1.91. The third-order valence-electron chi connectivity index (χ3n) is 3.66. The summed E-state index contributed by atoms with van der Waals surface area (Å²) in [6.07, 6.45) is 5.52. The minimum atomic E-state index is 0.393. The molecular formula is C17H14N4O. The first-order valence-electron chi connectivity index (χ1n) is 6.95. The molecule has 4 aromatic rings. The van der Waals surface area contributed by atoms with E-state index in [1.807, 2.05) is 55.8 Å². The second-order valence-corrected chi connectivity index (χ2v) is 5.18. The van der Waals surface area contributed by atoms with Crippen LogP contribution in [0.25, 0.3) is 33.4 Å². The van der Waals surface area contributed by atoms with Crippen LogP contribution in [0, 0.1) is 0 Å². The Kier molecular flexibility index (Phi) is 2.72. The molecule has 0 unspecified atom stereocenters. The van der Waals surface area contributed by atoms with E-state index >= 15 is 0 Å². The van der Waals surface area contributed by atoms with Crippen molar-refractivity contribution < 1.29 is 4.42 Å². The first-order chi connectivity index (χ1) is 10.7. The molecule has 2 N–H and O–H groups in total. The first-order valence-corrected chi connectivity index (χ1v) is 6.95. The summed E-state index contributed by atoms with van der Waals surface area (Å²) in [4.78, 5) is 4.25. The number of nitrogen functional groups attached to an aromatic ring is 1. The molecule has 4 rings (SSSR count). The van der Waals surface area contributed by atoms with Crippen molar-refractivity contribution in [3.63, 3.8) is 0 Å². The molecule has 0 amide bonds. The van der Waals surface area contributed by atoms with Crippen LogP contribution in [0.5, 0.6) is 0 Å². The number of nitrogens with zero attached hydrogens (tertiary/aromatic N) is 3. The number of aryl methyl sites for hydroxylation is 1. The second-order valence-electron chi connectivity index (χ2n) is 5.18. The van der Waals surface area contributed by atoms with E-state index in [1.165, 1.54) is 0 Å². The van der Waals surface area contributed by atoms with E-state index in [4.69, 9.17) is 10.2 Å². The highest BCUT2D eigenvalue weighted by Crippen LogP contribution is 2.36. The Labute approximate surface area is 127 Å². The molecule has 22 heavy (non-hydrogen) atoms. The van der Waals surface area contributed by atoms with Crippen molar-refractivity contribution in [3.8, 4) is 22.5 Å². The first kappa shape index (κ1) is 12.6. The number of aromatic nitrogens is 3. The Morgan fingerprint density at radius 3 is 2.64 bits per heavy atom. The van der Waals surface area contributed by atoms with Gasteiger partial charge in [-0.2, -0.15) is 5.10 Å². The molecule has 0 aliphatic heterocycles. The van der Waals surface area contributed by atoms with Crippen LogP contribution in [0.1, 0.15) is 0 Å². The zero-order valence-corrected chi connectivity index (χ0v) is 12.0. The number of fused-ring (bicyclic) bond motifs is 1. The summed E-state index contributed by atoms with van der Waals surface area (Å²) in [6, 6.07) is 11.9. The monoisotopic (exact) mass is 290 g/mol. The van der Waals surface area contributed by atoms with E-state index in [1.54, 1.807) is 10.9 Å². The molecule has 3 heterocycles. The van der Waals surface area contributed by atoms with Gasteiger partial charge in [-0.3, -0.25) is 4.68 Å². The van der Waals surface area contributed by atoms with Crippen LogP contribution in [0.2, 0.25) is 0 Å². The van der Waals surface area contributed by atoms with Crippen molar-refractivity contribution in [1.29, 1.82) is 0 Å². The molecule has 1 aromatic carbocycles. The Hall–Kier alpha value is -3.08. The summed E-state index contributed by atoms with van der Waals surface area (Å²) in [6.45, 7) is 0. The van der Waals surface area contributed by atoms with Gasteiger partial charge in [0.2, 0.25) is 0 Å². The van der Waals surface area contributed by atoms with E-state index < -0.39 is 0 Å². The predicted molar refractivity (Wildman–Crippen MR) is 86.1 cm³/mol. The van der Waals surface area contributed by atoms with E-state index in [0.29, 0.717) is 11.4 Å². The maximum Gasteiger partial charge on any atom is 0.177 e. The van der Waals surface area contributed by atoms with Gasteiger partial charge in [-0.25, -0.2) is 4.98 Å². The summed E-state index contributed by atoms with van der Waals surface area (Å²) in [5.74, 6) is 1.17. The molecule has 5 nitrogen and oxygen atoms in total. The Balaban J connectivity index is 1.97. The Bertz CT molecular complexity index is 953. The van der Waals surface area contributed by atoms with Crippen molar-refractivity contribution in [2.45, 2.75) is 0 Å². The molecule has 0 atom stereocenters. The van der Waals surface area contributed by atoms with Crippen LogP contribution >= 0.6 is 0 Å². The predicted octanol–water partition coefficient (Wildman–Crippen LogP) is 3.48. The molecule has 0 saturated heterocycles. The van der Waals surface area contributed by atoms with Gasteiger partial charge in [-0.05, 0) is 6.07 Å². The molecule has 108 valence electrons. The lowest BCUT2D eigenvalue weighted by atomic mass is 10.1. The average molecular weight is 290 g/mol. The average Bonchev–Trinajstić information content (AvgIpc) is 3.16. The molecule has 0 radical (unpaired) electrons. The molecule has 0 saturated carbocycles. The highest BCUT2D eigenvalue weighted by atomic mass is 16.3. The molecule has 0 aliphatic rings. The zero-order chi connectivity index (χ0) is 15.1. The molecular weight excluding hydrogens is 276 g/mol. The lowest BCUT2D eigenvalue weighted by molar-refractivity contribution is 0.631. The fourth-order valence-electron chi connectivity index (χ4n) is 2.58. The number of nitrogens with two attached hydrogens (primary N) is 1. The van der Waals surface area contributed by atoms with Gasteiger partial charge in [0.05, 0.1) is 6.20 Å². The van der Waals surface area contributed by atoms with Gasteiger partial charge >= 0.3 is 0 Å². The van der Waals surface area contributed by atoms with Crippen LogP contribution in [-0.2, 0) is 7.05 Å². The van der Waals surface area contributed by atoms with Crippen LogP contribution in [-0.4, -0.2) is 14.8 Å². The standard InChI is InChI=1S/C17H14N4O/c1-21-10-12(8-20-21)14-9-19-17(18)16-13(14)7-15(22-16)11-5-3-2-4-6-11/h2-10H,1H3,(H2,18,19). The number of hydrogen-bond acceptors (Lipinski definition) is 4. The van der Waals surface area contributed by atoms with Crippen molar-refractivity contribution >= 4 is 16.8 Å². The van der Waals surface area contributed by atoms with Crippen molar-refractivity contribution in [2.75, 3.05) is 5.73 Å².